The monoisotopic (exact) mass is 499 g/mol. The van der Waals surface area contributed by atoms with Crippen LogP contribution in [0.1, 0.15) is 45.0 Å². The number of benzene rings is 3. The minimum Gasteiger partial charge on any atom is -0.496 e. The number of hydrogen-bond acceptors (Lipinski definition) is 6. The molecule has 192 valence electrons. The maximum atomic E-state index is 12.8. The largest absolute Gasteiger partial charge is 0.496 e. The molecular formula is C30H33N3O4. The highest BCUT2D eigenvalue weighted by Gasteiger charge is 2.36. The van der Waals surface area contributed by atoms with Crippen molar-refractivity contribution in [3.05, 3.63) is 82.4 Å². The number of ether oxygens (including phenoxy) is 3. The van der Waals surface area contributed by atoms with Crippen molar-refractivity contribution < 1.29 is 19.0 Å². The van der Waals surface area contributed by atoms with Crippen LogP contribution >= 0.6 is 0 Å². The normalized spacial score (nSPS) is 18.8. The molecule has 2 aliphatic rings. The van der Waals surface area contributed by atoms with E-state index in [4.69, 9.17) is 19.2 Å². The first-order valence-electron chi connectivity index (χ1n) is 12.5. The Bertz CT molecular complexity index is 1350. The summed E-state index contributed by atoms with van der Waals surface area (Å²) in [5.74, 6) is 2.33. The summed E-state index contributed by atoms with van der Waals surface area (Å²) in [6.45, 7) is 3.91. The van der Waals surface area contributed by atoms with Gasteiger partial charge in [-0.05, 0) is 80.5 Å². The second-order valence-corrected chi connectivity index (χ2v) is 9.71. The Morgan fingerprint density at radius 3 is 2.32 bits per heavy atom. The Balaban J connectivity index is 1.45. The minimum absolute atomic E-state index is 0.162. The van der Waals surface area contributed by atoms with E-state index in [2.05, 4.69) is 23.3 Å². The Hall–Kier alpha value is -3.84. The van der Waals surface area contributed by atoms with Gasteiger partial charge in [0.25, 0.3) is 5.91 Å². The predicted octanol–water partition coefficient (Wildman–Crippen LogP) is 4.91. The van der Waals surface area contributed by atoms with E-state index >= 15 is 0 Å². The molecule has 0 bridgehead atoms. The average molecular weight is 500 g/mol. The highest BCUT2D eigenvalue weighted by Crippen LogP contribution is 2.42. The maximum absolute atomic E-state index is 12.8. The van der Waals surface area contributed by atoms with Crippen molar-refractivity contribution in [2.45, 2.75) is 25.3 Å². The second-order valence-electron chi connectivity index (χ2n) is 9.71. The molecule has 3 aromatic carbocycles. The minimum atomic E-state index is -0.162. The standard InChI is InChI=1S/C30H33N3O4/c1-18-14-20(8-11-26(18)35-3)30(34)31-21-9-6-19(7-10-21)29-23-16-28(37-5)27(36-4)15-22(23)24-17-33(2)13-12-25(24)32-29/h6-11,14-16,24-25H,12-13,17H2,1-5H3,(H,31,34). The molecule has 0 aliphatic carbocycles. The van der Waals surface area contributed by atoms with Crippen LogP contribution < -0.4 is 19.5 Å². The molecule has 2 unspecified atom stereocenters. The summed E-state index contributed by atoms with van der Waals surface area (Å²) in [7, 11) is 7.11. The van der Waals surface area contributed by atoms with E-state index in [1.165, 1.54) is 5.56 Å². The lowest BCUT2D eigenvalue weighted by atomic mass is 9.79. The van der Waals surface area contributed by atoms with Crippen LogP contribution in [0, 0.1) is 6.92 Å². The summed E-state index contributed by atoms with van der Waals surface area (Å²) < 4.78 is 16.6. The number of anilines is 1. The number of likely N-dealkylation sites (tertiary alicyclic amines) is 1. The van der Waals surface area contributed by atoms with Crippen molar-refractivity contribution in [1.82, 2.24) is 4.90 Å². The quantitative estimate of drug-likeness (QED) is 0.522. The van der Waals surface area contributed by atoms with Crippen LogP contribution in [0.4, 0.5) is 5.69 Å². The maximum Gasteiger partial charge on any atom is 0.255 e. The SMILES string of the molecule is COc1ccc(C(=O)Nc2ccc(C3=NC4CCN(C)CC4c4cc(OC)c(OC)cc43)cc2)cc1C. The van der Waals surface area contributed by atoms with Gasteiger partial charge in [-0.25, -0.2) is 0 Å². The zero-order valence-corrected chi connectivity index (χ0v) is 22.0. The number of nitrogens with zero attached hydrogens (tertiary/aromatic N) is 2. The fourth-order valence-corrected chi connectivity index (χ4v) is 5.37. The van der Waals surface area contributed by atoms with Gasteiger partial charge in [-0.3, -0.25) is 9.79 Å². The summed E-state index contributed by atoms with van der Waals surface area (Å²) in [6.07, 6.45) is 1.01. The van der Waals surface area contributed by atoms with Crippen LogP contribution in [0.3, 0.4) is 0 Å². The summed E-state index contributed by atoms with van der Waals surface area (Å²) in [5, 5.41) is 2.99. The van der Waals surface area contributed by atoms with E-state index in [9.17, 15) is 4.79 Å². The van der Waals surface area contributed by atoms with Gasteiger partial charge >= 0.3 is 0 Å². The van der Waals surface area contributed by atoms with Crippen LogP contribution in [0.25, 0.3) is 0 Å². The molecule has 5 rings (SSSR count). The number of likely N-dealkylation sites (N-methyl/N-ethyl adjacent to an activating group) is 1. The van der Waals surface area contributed by atoms with Crippen LogP contribution in [-0.4, -0.2) is 64.0 Å². The van der Waals surface area contributed by atoms with Crippen molar-refractivity contribution in [2.75, 3.05) is 46.8 Å². The van der Waals surface area contributed by atoms with E-state index in [0.29, 0.717) is 17.2 Å². The number of hydrogen-bond donors (Lipinski definition) is 1. The summed E-state index contributed by atoms with van der Waals surface area (Å²) in [5.41, 5.74) is 6.49. The van der Waals surface area contributed by atoms with Gasteiger partial charge in [0.1, 0.15) is 5.75 Å². The summed E-state index contributed by atoms with van der Waals surface area (Å²) in [6, 6.07) is 17.7. The van der Waals surface area contributed by atoms with Crippen molar-refractivity contribution in [3.8, 4) is 17.2 Å². The average Bonchev–Trinajstić information content (AvgIpc) is 2.92. The molecule has 7 nitrogen and oxygen atoms in total. The molecule has 1 saturated heterocycles. The fourth-order valence-electron chi connectivity index (χ4n) is 5.37. The zero-order valence-electron chi connectivity index (χ0n) is 22.0. The molecule has 0 spiro atoms. The number of carbonyl (C=O) groups is 1. The molecule has 3 aromatic rings. The van der Waals surface area contributed by atoms with Gasteiger partial charge in [0.2, 0.25) is 0 Å². The number of aryl methyl sites for hydroxylation is 1. The lowest BCUT2D eigenvalue weighted by Gasteiger charge is -2.39. The molecule has 2 atom stereocenters. The Kier molecular flexibility index (Phi) is 6.89. The number of amides is 1. The molecule has 1 fully saturated rings. The topological polar surface area (TPSA) is 72.4 Å². The summed E-state index contributed by atoms with van der Waals surface area (Å²) in [4.78, 5) is 20.4. The third-order valence-electron chi connectivity index (χ3n) is 7.36. The first kappa shape index (κ1) is 24.8. The van der Waals surface area contributed by atoms with E-state index in [1.54, 1.807) is 27.4 Å². The van der Waals surface area contributed by atoms with E-state index in [-0.39, 0.29) is 11.9 Å². The predicted molar refractivity (Wildman–Crippen MR) is 146 cm³/mol. The number of methoxy groups -OCH3 is 3. The molecular weight excluding hydrogens is 466 g/mol. The molecule has 37 heavy (non-hydrogen) atoms. The van der Waals surface area contributed by atoms with Crippen molar-refractivity contribution >= 4 is 17.3 Å². The Morgan fingerprint density at radius 1 is 0.946 bits per heavy atom. The van der Waals surface area contributed by atoms with Gasteiger partial charge in [0.05, 0.1) is 33.1 Å². The van der Waals surface area contributed by atoms with Gasteiger partial charge in [0.15, 0.2) is 11.5 Å². The lowest BCUT2D eigenvalue weighted by molar-refractivity contribution is 0.102. The fraction of sp³-hybridized carbons (Fsp3) is 0.333. The molecule has 0 saturated carbocycles. The van der Waals surface area contributed by atoms with Crippen LogP contribution in [0.5, 0.6) is 17.2 Å². The highest BCUT2D eigenvalue weighted by molar-refractivity contribution is 6.15. The number of rotatable bonds is 6. The van der Waals surface area contributed by atoms with Crippen LogP contribution in [0.2, 0.25) is 0 Å². The molecule has 0 radical (unpaired) electrons. The molecule has 0 aromatic heterocycles. The number of piperidine rings is 1. The first-order chi connectivity index (χ1) is 17.9. The zero-order chi connectivity index (χ0) is 26.1. The van der Waals surface area contributed by atoms with Gasteiger partial charge in [0, 0.05) is 34.8 Å². The van der Waals surface area contributed by atoms with E-state index in [0.717, 1.165) is 59.1 Å². The smallest absolute Gasteiger partial charge is 0.255 e. The molecule has 7 heteroatoms. The van der Waals surface area contributed by atoms with E-state index < -0.39 is 0 Å². The Labute approximate surface area is 218 Å². The Morgan fingerprint density at radius 2 is 1.65 bits per heavy atom. The van der Waals surface area contributed by atoms with Gasteiger partial charge in [-0.2, -0.15) is 0 Å². The van der Waals surface area contributed by atoms with Crippen molar-refractivity contribution in [3.63, 3.8) is 0 Å². The summed E-state index contributed by atoms with van der Waals surface area (Å²) >= 11 is 0. The van der Waals surface area contributed by atoms with Crippen molar-refractivity contribution in [1.29, 1.82) is 0 Å². The molecule has 1 N–H and O–H groups in total. The number of fused-ring (bicyclic) bond motifs is 3. The highest BCUT2D eigenvalue weighted by atomic mass is 16.5. The molecule has 2 heterocycles. The third kappa shape index (κ3) is 4.79. The van der Waals surface area contributed by atoms with Gasteiger partial charge in [-0.1, -0.05) is 12.1 Å². The lowest BCUT2D eigenvalue weighted by Crippen LogP contribution is -2.41. The number of aliphatic imine (C=N–C) groups is 1. The first-order valence-corrected chi connectivity index (χ1v) is 12.5. The van der Waals surface area contributed by atoms with Crippen LogP contribution in [0.15, 0.2) is 59.6 Å². The number of nitrogens with one attached hydrogen (secondary N) is 1. The van der Waals surface area contributed by atoms with Crippen molar-refractivity contribution in [2.24, 2.45) is 4.99 Å². The van der Waals surface area contributed by atoms with Crippen LogP contribution in [-0.2, 0) is 0 Å². The van der Waals surface area contributed by atoms with Gasteiger partial charge < -0.3 is 24.4 Å². The third-order valence-corrected chi connectivity index (χ3v) is 7.36. The second kappa shape index (κ2) is 10.3. The van der Waals surface area contributed by atoms with Gasteiger partial charge in [-0.15, -0.1) is 0 Å². The van der Waals surface area contributed by atoms with E-state index in [1.807, 2.05) is 49.4 Å². The molecule has 2 aliphatic heterocycles. The number of carbonyl (C=O) groups excluding carboxylic acids is 1. The molecule has 1 amide bonds.